The van der Waals surface area contributed by atoms with Crippen molar-refractivity contribution in [1.82, 2.24) is 4.98 Å². The van der Waals surface area contributed by atoms with Crippen molar-refractivity contribution in [3.63, 3.8) is 0 Å². The fourth-order valence-electron chi connectivity index (χ4n) is 2.92. The highest BCUT2D eigenvalue weighted by molar-refractivity contribution is 5.88. The number of ether oxygens (including phenoxy) is 4. The molecule has 1 aromatic heterocycles. The molecule has 0 aliphatic rings. The summed E-state index contributed by atoms with van der Waals surface area (Å²) in [5.41, 5.74) is -0.636. The van der Waals surface area contributed by atoms with Gasteiger partial charge in [0.05, 0.1) is 28.4 Å². The Morgan fingerprint density at radius 1 is 0.741 bits per heavy atom. The third-order valence-electron chi connectivity index (χ3n) is 4.31. The molecule has 0 amide bonds. The van der Waals surface area contributed by atoms with E-state index >= 15 is 8.78 Å². The van der Waals surface area contributed by atoms with Gasteiger partial charge in [-0.3, -0.25) is 4.98 Å². The average Bonchev–Trinajstić information content (AvgIpc) is 2.71. The lowest BCUT2D eigenvalue weighted by Crippen LogP contribution is -2.18. The second-order valence-electron chi connectivity index (χ2n) is 5.73. The second kappa shape index (κ2) is 7.26. The van der Waals surface area contributed by atoms with E-state index in [2.05, 4.69) is 4.98 Å². The summed E-state index contributed by atoms with van der Waals surface area (Å²) in [6, 6.07) is 8.78. The molecule has 142 valence electrons. The summed E-state index contributed by atoms with van der Waals surface area (Å²) >= 11 is 0. The van der Waals surface area contributed by atoms with Gasteiger partial charge in [-0.2, -0.15) is 8.78 Å². The first kappa shape index (κ1) is 18.7. The van der Waals surface area contributed by atoms with Crippen LogP contribution in [0.15, 0.2) is 42.6 Å². The molecule has 0 N–H and O–H groups in total. The number of pyridine rings is 1. The van der Waals surface area contributed by atoms with Gasteiger partial charge in [0.15, 0.2) is 23.0 Å². The molecule has 3 rings (SSSR count). The molecular weight excluding hydrogens is 356 g/mol. The van der Waals surface area contributed by atoms with Crippen LogP contribution < -0.4 is 18.9 Å². The van der Waals surface area contributed by atoms with Gasteiger partial charge in [-0.1, -0.05) is 0 Å². The number of fused-ring (bicyclic) bond motifs is 1. The van der Waals surface area contributed by atoms with E-state index in [-0.39, 0.29) is 22.4 Å². The molecule has 3 aromatic rings. The smallest absolute Gasteiger partial charge is 0.315 e. The van der Waals surface area contributed by atoms with E-state index < -0.39 is 5.92 Å². The molecule has 7 heteroatoms. The van der Waals surface area contributed by atoms with Crippen LogP contribution in [-0.4, -0.2) is 33.4 Å². The fraction of sp³-hybridized carbons (Fsp3) is 0.250. The van der Waals surface area contributed by atoms with Crippen LogP contribution in [0.1, 0.15) is 11.3 Å². The van der Waals surface area contributed by atoms with E-state index in [0.717, 1.165) is 0 Å². The van der Waals surface area contributed by atoms with Crippen molar-refractivity contribution in [1.29, 1.82) is 0 Å². The standard InChI is InChI=1S/C20H19F2NO4/c1-24-15-6-5-13(10-17(15)26-3)20(21,22)19-14-11-18(27-4)16(25-2)9-12(14)7-8-23-19/h5-11H,1-4H3. The predicted molar refractivity (Wildman–Crippen MR) is 97.4 cm³/mol. The van der Waals surface area contributed by atoms with Crippen LogP contribution in [0.3, 0.4) is 0 Å². The Morgan fingerprint density at radius 3 is 1.96 bits per heavy atom. The summed E-state index contributed by atoms with van der Waals surface area (Å²) in [5.74, 6) is -1.97. The van der Waals surface area contributed by atoms with E-state index in [0.29, 0.717) is 22.6 Å². The molecule has 1 heterocycles. The van der Waals surface area contributed by atoms with Gasteiger partial charge in [0.25, 0.3) is 0 Å². The molecule has 2 aromatic carbocycles. The zero-order chi connectivity index (χ0) is 19.6. The van der Waals surface area contributed by atoms with Crippen molar-refractivity contribution in [2.75, 3.05) is 28.4 Å². The third kappa shape index (κ3) is 3.20. The van der Waals surface area contributed by atoms with Gasteiger partial charge in [-0.25, -0.2) is 0 Å². The zero-order valence-corrected chi connectivity index (χ0v) is 15.4. The number of halogens is 2. The number of nitrogens with zero attached hydrogens (tertiary/aromatic N) is 1. The molecule has 0 atom stereocenters. The Kier molecular flexibility index (Phi) is 5.03. The molecule has 27 heavy (non-hydrogen) atoms. The zero-order valence-electron chi connectivity index (χ0n) is 15.4. The van der Waals surface area contributed by atoms with Gasteiger partial charge in [0, 0.05) is 17.1 Å². The Bertz CT molecular complexity index is 976. The first-order chi connectivity index (χ1) is 13.0. The molecule has 5 nitrogen and oxygen atoms in total. The molecule has 0 spiro atoms. The number of rotatable bonds is 6. The Labute approximate surface area is 155 Å². The van der Waals surface area contributed by atoms with Crippen LogP contribution in [0.2, 0.25) is 0 Å². The monoisotopic (exact) mass is 375 g/mol. The minimum absolute atomic E-state index is 0.217. The highest BCUT2D eigenvalue weighted by atomic mass is 19.3. The van der Waals surface area contributed by atoms with E-state index in [4.69, 9.17) is 18.9 Å². The van der Waals surface area contributed by atoms with Crippen molar-refractivity contribution < 1.29 is 27.7 Å². The van der Waals surface area contributed by atoms with Gasteiger partial charge in [0.2, 0.25) is 0 Å². The minimum Gasteiger partial charge on any atom is -0.493 e. The first-order valence-electron chi connectivity index (χ1n) is 8.07. The average molecular weight is 375 g/mol. The lowest BCUT2D eigenvalue weighted by atomic mass is 9.99. The van der Waals surface area contributed by atoms with Crippen molar-refractivity contribution in [3.05, 3.63) is 53.9 Å². The molecule has 0 aliphatic heterocycles. The number of alkyl halides is 2. The van der Waals surface area contributed by atoms with Crippen molar-refractivity contribution >= 4 is 10.8 Å². The highest BCUT2D eigenvalue weighted by Gasteiger charge is 2.38. The third-order valence-corrected chi connectivity index (χ3v) is 4.31. The lowest BCUT2D eigenvalue weighted by Gasteiger charge is -2.20. The lowest BCUT2D eigenvalue weighted by molar-refractivity contribution is 0.0395. The topological polar surface area (TPSA) is 49.8 Å². The molecule has 0 bridgehead atoms. The van der Waals surface area contributed by atoms with Gasteiger partial charge < -0.3 is 18.9 Å². The minimum atomic E-state index is -3.36. The highest BCUT2D eigenvalue weighted by Crippen LogP contribution is 2.43. The fourth-order valence-corrected chi connectivity index (χ4v) is 2.92. The maximum atomic E-state index is 15.4. The van der Waals surface area contributed by atoms with Crippen LogP contribution in [0, 0.1) is 0 Å². The Morgan fingerprint density at radius 2 is 1.33 bits per heavy atom. The van der Waals surface area contributed by atoms with E-state index in [9.17, 15) is 0 Å². The van der Waals surface area contributed by atoms with Crippen LogP contribution in [0.5, 0.6) is 23.0 Å². The summed E-state index contributed by atoms with van der Waals surface area (Å²) < 4.78 is 51.5. The van der Waals surface area contributed by atoms with E-state index in [1.54, 1.807) is 12.1 Å². The van der Waals surface area contributed by atoms with Gasteiger partial charge in [0.1, 0.15) is 5.69 Å². The normalized spacial score (nSPS) is 11.3. The molecule has 0 radical (unpaired) electrons. The van der Waals surface area contributed by atoms with Crippen LogP contribution in [-0.2, 0) is 5.92 Å². The second-order valence-corrected chi connectivity index (χ2v) is 5.73. The summed E-state index contributed by atoms with van der Waals surface area (Å²) in [7, 11) is 5.78. The maximum Gasteiger partial charge on any atom is 0.315 e. The van der Waals surface area contributed by atoms with Crippen LogP contribution in [0.25, 0.3) is 10.8 Å². The van der Waals surface area contributed by atoms with Gasteiger partial charge in [-0.05, 0) is 41.8 Å². The summed E-state index contributed by atoms with van der Waals surface area (Å²) in [6.45, 7) is 0. The largest absolute Gasteiger partial charge is 0.493 e. The van der Waals surface area contributed by atoms with Crippen LogP contribution in [0.4, 0.5) is 8.78 Å². The first-order valence-corrected chi connectivity index (χ1v) is 8.07. The molecular formula is C20H19F2NO4. The number of hydrogen-bond donors (Lipinski definition) is 0. The molecule has 0 saturated carbocycles. The maximum absolute atomic E-state index is 15.4. The summed E-state index contributed by atoms with van der Waals surface area (Å²) in [5, 5.41) is 0.840. The van der Waals surface area contributed by atoms with Crippen LogP contribution >= 0.6 is 0 Å². The molecule has 0 unspecified atom stereocenters. The van der Waals surface area contributed by atoms with Crippen molar-refractivity contribution in [2.24, 2.45) is 0 Å². The predicted octanol–water partition coefficient (Wildman–Crippen LogP) is 4.41. The SMILES string of the molecule is COc1ccc(C(F)(F)c2nccc3cc(OC)c(OC)cc23)cc1OC. The molecule has 0 aliphatic carbocycles. The van der Waals surface area contributed by atoms with Gasteiger partial charge in [-0.15, -0.1) is 0 Å². The van der Waals surface area contributed by atoms with Crippen molar-refractivity contribution in [3.8, 4) is 23.0 Å². The van der Waals surface area contributed by atoms with Crippen molar-refractivity contribution in [2.45, 2.75) is 5.92 Å². The number of aromatic nitrogens is 1. The van der Waals surface area contributed by atoms with E-state index in [1.165, 1.54) is 58.9 Å². The summed E-state index contributed by atoms with van der Waals surface area (Å²) in [6.07, 6.45) is 1.35. The Balaban J connectivity index is 2.21. The molecule has 0 saturated heterocycles. The van der Waals surface area contributed by atoms with Gasteiger partial charge >= 0.3 is 5.92 Å². The summed E-state index contributed by atoms with van der Waals surface area (Å²) in [4.78, 5) is 3.97. The number of benzene rings is 2. The molecule has 0 fully saturated rings. The quantitative estimate of drug-likeness (QED) is 0.639. The number of methoxy groups -OCH3 is 4. The Hall–Kier alpha value is -3.09. The number of hydrogen-bond acceptors (Lipinski definition) is 5. The van der Waals surface area contributed by atoms with E-state index in [1.807, 2.05) is 0 Å².